The van der Waals surface area contributed by atoms with Crippen LogP contribution in [0.3, 0.4) is 0 Å². The van der Waals surface area contributed by atoms with Crippen molar-refractivity contribution in [2.45, 2.75) is 36.6 Å². The number of hydrogen-bond acceptors (Lipinski definition) is 8. The predicted octanol–water partition coefficient (Wildman–Crippen LogP) is 1.88. The molecular weight excluding hydrogens is 418 g/mol. The molecule has 0 amide bonds. The normalized spacial score (nSPS) is 15.1. The SMILES string of the molecule is COC(CCc1cc2ncsc2cc1CCC(OC)S(=O)(=O)O)S(=O)(=O)O. The van der Waals surface area contributed by atoms with Crippen molar-refractivity contribution in [2.75, 3.05) is 14.2 Å². The van der Waals surface area contributed by atoms with Crippen molar-refractivity contribution in [3.8, 4) is 0 Å². The molecule has 2 unspecified atom stereocenters. The van der Waals surface area contributed by atoms with E-state index in [0.717, 1.165) is 21.3 Å². The fraction of sp³-hybridized carbons (Fsp3) is 0.533. The first kappa shape index (κ1) is 22.1. The van der Waals surface area contributed by atoms with Gasteiger partial charge in [0.15, 0.2) is 10.9 Å². The summed E-state index contributed by atoms with van der Waals surface area (Å²) in [6.07, 6.45) is 0.595. The first-order chi connectivity index (χ1) is 12.6. The van der Waals surface area contributed by atoms with Crippen molar-refractivity contribution < 1.29 is 35.4 Å². The Hall–Kier alpha value is -1.15. The van der Waals surface area contributed by atoms with Gasteiger partial charge in [-0.25, -0.2) is 4.98 Å². The summed E-state index contributed by atoms with van der Waals surface area (Å²) < 4.78 is 74.2. The van der Waals surface area contributed by atoms with Gasteiger partial charge in [-0.1, -0.05) is 0 Å². The number of thiazole rings is 1. The minimum atomic E-state index is -4.35. The molecule has 9 nitrogen and oxygen atoms in total. The van der Waals surface area contributed by atoms with Crippen molar-refractivity contribution in [2.24, 2.45) is 0 Å². The maximum Gasteiger partial charge on any atom is 0.292 e. The molecule has 0 bridgehead atoms. The van der Waals surface area contributed by atoms with E-state index in [1.165, 1.54) is 25.6 Å². The highest BCUT2D eigenvalue weighted by Gasteiger charge is 2.24. The van der Waals surface area contributed by atoms with E-state index in [1.807, 2.05) is 6.07 Å². The molecule has 0 saturated carbocycles. The third-order valence-corrected chi connectivity index (χ3v) is 7.12. The monoisotopic (exact) mass is 439 g/mol. The lowest BCUT2D eigenvalue weighted by Gasteiger charge is -2.16. The van der Waals surface area contributed by atoms with Crippen LogP contribution in [0.5, 0.6) is 0 Å². The topological polar surface area (TPSA) is 140 Å². The van der Waals surface area contributed by atoms with E-state index in [1.54, 1.807) is 11.6 Å². The van der Waals surface area contributed by atoms with Crippen LogP contribution in [-0.2, 0) is 42.6 Å². The zero-order valence-corrected chi connectivity index (χ0v) is 17.2. The molecule has 2 N–H and O–H groups in total. The Labute approximate surface area is 161 Å². The highest BCUT2D eigenvalue weighted by atomic mass is 32.2. The van der Waals surface area contributed by atoms with E-state index in [4.69, 9.17) is 9.47 Å². The summed E-state index contributed by atoms with van der Waals surface area (Å²) in [5.41, 5.74) is 1.22. The second-order valence-corrected chi connectivity index (χ2v) is 9.88. The molecule has 1 heterocycles. The Morgan fingerprint density at radius 3 is 1.89 bits per heavy atom. The van der Waals surface area contributed by atoms with Crippen molar-refractivity contribution in [3.63, 3.8) is 0 Å². The highest BCUT2D eigenvalue weighted by Crippen LogP contribution is 2.26. The third kappa shape index (κ3) is 5.91. The van der Waals surface area contributed by atoms with Crippen LogP contribution < -0.4 is 0 Å². The van der Waals surface area contributed by atoms with Crippen molar-refractivity contribution in [1.29, 1.82) is 0 Å². The number of hydrogen-bond donors (Lipinski definition) is 2. The molecule has 0 spiro atoms. The molecule has 0 aliphatic heterocycles. The predicted molar refractivity (Wildman–Crippen MR) is 101 cm³/mol. The van der Waals surface area contributed by atoms with E-state index in [2.05, 4.69) is 4.98 Å². The maximum absolute atomic E-state index is 11.3. The second-order valence-electron chi connectivity index (χ2n) is 5.88. The Balaban J connectivity index is 2.27. The van der Waals surface area contributed by atoms with E-state index in [-0.39, 0.29) is 25.7 Å². The average molecular weight is 440 g/mol. The fourth-order valence-corrected chi connectivity index (χ4v) is 4.82. The molecule has 0 radical (unpaired) electrons. The van der Waals surface area contributed by atoms with Gasteiger partial charge in [0, 0.05) is 14.2 Å². The number of benzene rings is 1. The van der Waals surface area contributed by atoms with Gasteiger partial charge in [0.1, 0.15) is 0 Å². The summed E-state index contributed by atoms with van der Waals surface area (Å²) in [7, 11) is -6.30. The molecule has 0 fully saturated rings. The summed E-state index contributed by atoms with van der Waals surface area (Å²) in [5.74, 6) is 0. The molecule has 0 aliphatic carbocycles. The summed E-state index contributed by atoms with van der Waals surface area (Å²) in [4.78, 5) is 4.23. The minimum Gasteiger partial charge on any atom is -0.363 e. The van der Waals surface area contributed by atoms with Gasteiger partial charge in [0.2, 0.25) is 0 Å². The minimum absolute atomic E-state index is 0.0178. The molecule has 12 heteroatoms. The highest BCUT2D eigenvalue weighted by molar-refractivity contribution is 7.86. The average Bonchev–Trinajstić information content (AvgIpc) is 3.00. The van der Waals surface area contributed by atoms with Gasteiger partial charge in [0.25, 0.3) is 20.2 Å². The number of ether oxygens (including phenoxy) is 2. The second kappa shape index (κ2) is 8.90. The molecule has 2 aromatic rings. The van der Waals surface area contributed by atoms with Gasteiger partial charge in [-0.3, -0.25) is 9.11 Å². The van der Waals surface area contributed by atoms with Crippen LogP contribution in [0.25, 0.3) is 10.2 Å². The molecule has 152 valence electrons. The standard InChI is InChI=1S/C15H21NO8S3/c1-23-14(26(17,18)19)5-3-10-7-12-13(25-9-16-12)8-11(10)4-6-15(24-2)27(20,21)22/h7-9,14-15H,3-6H2,1-2H3,(H,17,18,19)(H,20,21,22). The van der Waals surface area contributed by atoms with E-state index in [9.17, 15) is 25.9 Å². The van der Waals surface area contributed by atoms with Crippen molar-refractivity contribution >= 4 is 41.8 Å². The Kier molecular flexibility index (Phi) is 7.30. The largest absolute Gasteiger partial charge is 0.363 e. The lowest BCUT2D eigenvalue weighted by molar-refractivity contribution is 0.146. The van der Waals surface area contributed by atoms with Crippen LogP contribution >= 0.6 is 11.3 Å². The number of methoxy groups -OCH3 is 2. The van der Waals surface area contributed by atoms with E-state index in [0.29, 0.717) is 0 Å². The lowest BCUT2D eigenvalue weighted by atomic mass is 9.99. The van der Waals surface area contributed by atoms with Crippen LogP contribution in [0.15, 0.2) is 17.6 Å². The lowest BCUT2D eigenvalue weighted by Crippen LogP contribution is -2.24. The zero-order valence-electron chi connectivity index (χ0n) is 14.7. The Bertz CT molecular complexity index is 906. The number of nitrogens with zero attached hydrogens (tertiary/aromatic N) is 1. The van der Waals surface area contributed by atoms with Gasteiger partial charge in [0.05, 0.1) is 15.7 Å². The fourth-order valence-electron chi connectivity index (χ4n) is 2.78. The summed E-state index contributed by atoms with van der Waals surface area (Å²) in [6, 6.07) is 3.65. The molecule has 2 atom stereocenters. The molecule has 1 aromatic heterocycles. The smallest absolute Gasteiger partial charge is 0.292 e. The molecule has 1 aromatic carbocycles. The maximum atomic E-state index is 11.3. The Morgan fingerprint density at radius 2 is 1.44 bits per heavy atom. The first-order valence-electron chi connectivity index (χ1n) is 7.89. The molecule has 0 saturated heterocycles. The summed E-state index contributed by atoms with van der Waals surface area (Å²) >= 11 is 1.42. The van der Waals surface area contributed by atoms with Gasteiger partial charge < -0.3 is 9.47 Å². The van der Waals surface area contributed by atoms with Gasteiger partial charge >= 0.3 is 0 Å². The van der Waals surface area contributed by atoms with Gasteiger partial charge in [-0.2, -0.15) is 16.8 Å². The van der Waals surface area contributed by atoms with Crippen LogP contribution in [0.1, 0.15) is 24.0 Å². The van der Waals surface area contributed by atoms with Gasteiger partial charge in [-0.15, -0.1) is 11.3 Å². The van der Waals surface area contributed by atoms with Crippen LogP contribution in [0, 0.1) is 0 Å². The molecule has 27 heavy (non-hydrogen) atoms. The summed E-state index contributed by atoms with van der Waals surface area (Å²) in [5, 5.41) is 0. The van der Waals surface area contributed by atoms with E-state index >= 15 is 0 Å². The quantitative estimate of drug-likeness (QED) is 0.531. The summed E-state index contributed by atoms with van der Waals surface area (Å²) in [6.45, 7) is 0. The van der Waals surface area contributed by atoms with E-state index < -0.39 is 31.1 Å². The molecule has 0 aliphatic rings. The number of aryl methyl sites for hydroxylation is 2. The van der Waals surface area contributed by atoms with Crippen molar-refractivity contribution in [1.82, 2.24) is 4.98 Å². The van der Waals surface area contributed by atoms with Crippen LogP contribution in [-0.4, -0.2) is 56.0 Å². The first-order valence-corrected chi connectivity index (χ1v) is 11.8. The number of rotatable bonds is 10. The third-order valence-electron chi connectivity index (χ3n) is 4.14. The number of aromatic nitrogens is 1. The number of fused-ring (bicyclic) bond motifs is 1. The molecular formula is C15H21NO8S3. The van der Waals surface area contributed by atoms with Gasteiger partial charge in [-0.05, 0) is 48.9 Å². The van der Waals surface area contributed by atoms with Crippen molar-refractivity contribution in [3.05, 3.63) is 28.8 Å². The Morgan fingerprint density at radius 1 is 0.963 bits per heavy atom. The van der Waals surface area contributed by atoms with Crippen LogP contribution in [0.4, 0.5) is 0 Å². The zero-order chi connectivity index (χ0) is 20.2. The van der Waals surface area contributed by atoms with Crippen LogP contribution in [0.2, 0.25) is 0 Å². The molecule has 2 rings (SSSR count).